The normalized spacial score (nSPS) is 20.0. The number of carboxylic acid groups (broad SMARTS) is 1. The molecule has 0 aliphatic carbocycles. The Morgan fingerprint density at radius 1 is 0.867 bits per heavy atom. The second kappa shape index (κ2) is 15.1. The van der Waals surface area contributed by atoms with Crippen molar-refractivity contribution in [2.45, 2.75) is 37.1 Å². The first-order valence-electron chi connectivity index (χ1n) is 19.3. The van der Waals surface area contributed by atoms with Crippen LogP contribution in [0.1, 0.15) is 61.4 Å². The van der Waals surface area contributed by atoms with Gasteiger partial charge in [-0.3, -0.25) is 25.1 Å². The lowest BCUT2D eigenvalue weighted by molar-refractivity contribution is -0.0542. The molecular weight excluding hydrogens is 769 g/mol. The summed E-state index contributed by atoms with van der Waals surface area (Å²) in [5.41, 5.74) is 1.88. The molecule has 304 valence electrons. The first-order chi connectivity index (χ1) is 29.1. The van der Waals surface area contributed by atoms with Gasteiger partial charge < -0.3 is 40.2 Å². The highest BCUT2D eigenvalue weighted by Gasteiger charge is 2.51. The number of hydrogen-bond donors (Lipinski definition) is 7. The molecule has 0 saturated heterocycles. The van der Waals surface area contributed by atoms with Crippen molar-refractivity contribution >= 4 is 52.4 Å². The van der Waals surface area contributed by atoms with Gasteiger partial charge in [-0.05, 0) is 54.8 Å². The molecule has 4 heterocycles. The van der Waals surface area contributed by atoms with Gasteiger partial charge in [-0.15, -0.1) is 0 Å². The number of ether oxygens (including phenoxy) is 2. The van der Waals surface area contributed by atoms with Gasteiger partial charge in [0.2, 0.25) is 11.7 Å². The highest BCUT2D eigenvalue weighted by atomic mass is 16.6. The van der Waals surface area contributed by atoms with E-state index in [-0.39, 0.29) is 18.4 Å². The lowest BCUT2D eigenvalue weighted by Gasteiger charge is -2.35. The number of hydrogen-bond acceptors (Lipinski definition) is 10. The Morgan fingerprint density at radius 3 is 2.38 bits per heavy atom. The number of nitrogens with one attached hydrogen (secondary N) is 5. The summed E-state index contributed by atoms with van der Waals surface area (Å²) in [6.07, 6.45) is -1.62. The third kappa shape index (κ3) is 6.47. The number of alkyl carbamates (subject to hydrolysis) is 1. The van der Waals surface area contributed by atoms with Gasteiger partial charge in [-0.2, -0.15) is 0 Å². The van der Waals surface area contributed by atoms with E-state index in [4.69, 9.17) is 9.47 Å². The molecule has 0 saturated carbocycles. The third-order valence-corrected chi connectivity index (χ3v) is 11.1. The minimum absolute atomic E-state index is 0.00129. The summed E-state index contributed by atoms with van der Waals surface area (Å²) in [5, 5.41) is 33.4. The van der Waals surface area contributed by atoms with E-state index in [0.29, 0.717) is 75.4 Å². The fourth-order valence-corrected chi connectivity index (χ4v) is 8.36. The van der Waals surface area contributed by atoms with E-state index in [9.17, 15) is 29.4 Å². The topological polar surface area (TPSA) is 210 Å². The molecule has 6 aromatic rings. The molecule has 3 atom stereocenters. The van der Waals surface area contributed by atoms with Gasteiger partial charge in [-0.1, -0.05) is 78.9 Å². The molecule has 7 N–H and O–H groups in total. The summed E-state index contributed by atoms with van der Waals surface area (Å²) in [6.45, 7) is 1.14. The SMILES string of the molecule is COCCCCN1c2cc(C3(O)c4ccccc4C(=O)N3Cc3ccccc3)ccc2NC1NC(=O)OC1(c2ccc3nc(NC(=O)O)[nH]c3c2)NC(=O)c2ccccc21. The van der Waals surface area contributed by atoms with Gasteiger partial charge in [0.1, 0.15) is 0 Å². The molecule has 0 radical (unpaired) electrons. The summed E-state index contributed by atoms with van der Waals surface area (Å²) in [5.74, 6) is -0.757. The zero-order valence-corrected chi connectivity index (χ0v) is 32.3. The number of aliphatic hydroxyl groups is 1. The monoisotopic (exact) mass is 808 g/mol. The number of imidazole rings is 1. The molecule has 16 nitrogen and oxygen atoms in total. The van der Waals surface area contributed by atoms with Gasteiger partial charge in [0.25, 0.3) is 11.8 Å². The van der Waals surface area contributed by atoms with Crippen LogP contribution in [-0.4, -0.2) is 75.6 Å². The average Bonchev–Trinajstić information content (AvgIpc) is 3.95. The Hall–Kier alpha value is -7.43. The minimum atomic E-state index is -1.81. The highest BCUT2D eigenvalue weighted by Crippen LogP contribution is 2.46. The largest absolute Gasteiger partial charge is 0.465 e. The highest BCUT2D eigenvalue weighted by molar-refractivity contribution is 6.01. The van der Waals surface area contributed by atoms with Crippen LogP contribution in [-0.2, 0) is 27.5 Å². The standard InChI is InChI=1S/C44H40N8O8/c1-59-22-10-9-21-51-36-24-28(44(58)32-16-8-6-14-30(32)38(54)52(44)25-26-11-3-2-4-12-26)18-20-34(36)47-40(51)49-42(57)60-43(31-15-7-5-13-29(31)37(53)50-43)27-17-19-33-35(23-27)46-39(45-33)48-41(55)56/h2-8,11-20,23-24,40,47,58H,9-10,21-22,25H2,1H3,(H,49,57)(H,50,53)(H,55,56)(H2,45,46,48). The van der Waals surface area contributed by atoms with Crippen LogP contribution in [0.3, 0.4) is 0 Å². The second-order valence-corrected chi connectivity index (χ2v) is 14.7. The van der Waals surface area contributed by atoms with Crippen LogP contribution in [0, 0.1) is 0 Å². The van der Waals surface area contributed by atoms with Gasteiger partial charge >= 0.3 is 12.2 Å². The Kier molecular flexibility index (Phi) is 9.57. The van der Waals surface area contributed by atoms with Crippen molar-refractivity contribution in [1.82, 2.24) is 25.5 Å². The maximum atomic E-state index is 14.3. The van der Waals surface area contributed by atoms with E-state index < -0.39 is 35.8 Å². The van der Waals surface area contributed by atoms with Crippen molar-refractivity contribution in [2.75, 3.05) is 35.8 Å². The molecule has 9 rings (SSSR count). The zero-order chi connectivity index (χ0) is 41.6. The van der Waals surface area contributed by atoms with Crippen molar-refractivity contribution < 1.29 is 38.9 Å². The number of aromatic nitrogens is 2. The number of carbonyl (C=O) groups is 4. The van der Waals surface area contributed by atoms with E-state index in [1.54, 1.807) is 79.9 Å². The fourth-order valence-electron chi connectivity index (χ4n) is 8.36. The summed E-state index contributed by atoms with van der Waals surface area (Å²) in [6, 6.07) is 33.6. The van der Waals surface area contributed by atoms with Crippen LogP contribution in [0.5, 0.6) is 0 Å². The maximum Gasteiger partial charge on any atom is 0.412 e. The van der Waals surface area contributed by atoms with Crippen LogP contribution in [0.25, 0.3) is 11.0 Å². The number of carbonyl (C=O) groups excluding carboxylic acids is 3. The number of benzene rings is 5. The lowest BCUT2D eigenvalue weighted by Crippen LogP contribution is -2.53. The Balaban J connectivity index is 1.05. The van der Waals surface area contributed by atoms with Gasteiger partial charge in [0.15, 0.2) is 12.0 Å². The summed E-state index contributed by atoms with van der Waals surface area (Å²) < 4.78 is 11.6. The lowest BCUT2D eigenvalue weighted by atomic mass is 9.93. The predicted molar refractivity (Wildman–Crippen MR) is 220 cm³/mol. The molecule has 60 heavy (non-hydrogen) atoms. The van der Waals surface area contributed by atoms with Crippen LogP contribution < -0.4 is 26.2 Å². The van der Waals surface area contributed by atoms with E-state index in [2.05, 4.69) is 31.2 Å². The molecule has 3 aliphatic heterocycles. The first-order valence-corrected chi connectivity index (χ1v) is 19.3. The Morgan fingerprint density at radius 2 is 1.60 bits per heavy atom. The van der Waals surface area contributed by atoms with Crippen LogP contribution >= 0.6 is 0 Å². The maximum absolute atomic E-state index is 14.3. The number of rotatable bonds is 12. The second-order valence-electron chi connectivity index (χ2n) is 14.7. The fraction of sp³-hybridized carbons (Fsp3) is 0.205. The number of H-pyrrole nitrogens is 1. The number of nitrogens with zero attached hydrogens (tertiary/aromatic N) is 3. The number of methoxy groups -OCH3 is 1. The molecule has 4 amide bonds. The van der Waals surface area contributed by atoms with Crippen molar-refractivity contribution in [3.05, 3.63) is 154 Å². The van der Waals surface area contributed by atoms with Crippen molar-refractivity contribution in [3.63, 3.8) is 0 Å². The molecule has 3 aliphatic rings. The molecule has 1 aromatic heterocycles. The van der Waals surface area contributed by atoms with E-state index in [0.717, 1.165) is 12.0 Å². The number of aromatic amines is 1. The number of unbranched alkanes of at least 4 members (excludes halogenated alkanes) is 1. The van der Waals surface area contributed by atoms with Crippen molar-refractivity contribution in [2.24, 2.45) is 0 Å². The van der Waals surface area contributed by atoms with Crippen LogP contribution in [0.4, 0.5) is 26.9 Å². The summed E-state index contributed by atoms with van der Waals surface area (Å²) in [4.78, 5) is 63.6. The Labute approximate surface area is 343 Å². The minimum Gasteiger partial charge on any atom is -0.465 e. The Bertz CT molecular complexity index is 2670. The zero-order valence-electron chi connectivity index (χ0n) is 32.3. The average molecular weight is 809 g/mol. The number of anilines is 3. The van der Waals surface area contributed by atoms with Gasteiger partial charge in [0, 0.05) is 60.2 Å². The molecule has 5 aromatic carbocycles. The van der Waals surface area contributed by atoms with Crippen LogP contribution in [0.2, 0.25) is 0 Å². The van der Waals surface area contributed by atoms with E-state index in [1.165, 1.54) is 4.90 Å². The van der Waals surface area contributed by atoms with E-state index >= 15 is 0 Å². The van der Waals surface area contributed by atoms with Crippen molar-refractivity contribution in [3.8, 4) is 0 Å². The van der Waals surface area contributed by atoms with E-state index in [1.807, 2.05) is 47.4 Å². The number of amides is 4. The van der Waals surface area contributed by atoms with Gasteiger partial charge in [0.05, 0.1) is 22.4 Å². The molecular formula is C44H40N8O8. The first kappa shape index (κ1) is 38.1. The quantitative estimate of drug-likeness (QED) is 0.0733. The third-order valence-electron chi connectivity index (χ3n) is 11.1. The van der Waals surface area contributed by atoms with Crippen molar-refractivity contribution in [1.29, 1.82) is 0 Å². The molecule has 0 bridgehead atoms. The van der Waals surface area contributed by atoms with Crippen LogP contribution in [0.15, 0.2) is 115 Å². The summed E-state index contributed by atoms with van der Waals surface area (Å²) >= 11 is 0. The smallest absolute Gasteiger partial charge is 0.412 e. The predicted octanol–water partition coefficient (Wildman–Crippen LogP) is 5.82. The molecule has 0 spiro atoms. The molecule has 0 fully saturated rings. The molecule has 3 unspecified atom stereocenters. The van der Waals surface area contributed by atoms with Gasteiger partial charge in [-0.25, -0.2) is 14.6 Å². The summed E-state index contributed by atoms with van der Waals surface area (Å²) in [7, 11) is 1.63. The molecule has 16 heteroatoms. The number of fused-ring (bicyclic) bond motifs is 4.